The molecule has 4 nitrogen and oxygen atoms in total. The van der Waals surface area contributed by atoms with Crippen molar-refractivity contribution in [2.75, 3.05) is 27.1 Å². The van der Waals surface area contributed by atoms with Gasteiger partial charge < -0.3 is 18.9 Å². The van der Waals surface area contributed by atoms with Crippen LogP contribution >= 0.6 is 0 Å². The van der Waals surface area contributed by atoms with E-state index < -0.39 is 159 Å². The molecule has 2 aliphatic carbocycles. The zero-order valence-electron chi connectivity index (χ0n) is 28.6. The van der Waals surface area contributed by atoms with E-state index in [4.69, 9.17) is 0 Å². The highest BCUT2D eigenvalue weighted by Crippen LogP contribution is 2.80. The van der Waals surface area contributed by atoms with Crippen LogP contribution in [0, 0.1) is 35.0 Å². The van der Waals surface area contributed by atoms with Crippen molar-refractivity contribution < 1.29 is 133 Å². The average Bonchev–Trinajstić information content (AvgIpc) is 3.63. The van der Waals surface area contributed by atoms with Crippen LogP contribution in [0.1, 0.15) is 33.1 Å². The van der Waals surface area contributed by atoms with E-state index in [1.54, 1.807) is 0 Å². The SMILES string of the molecule is COCCOCOC(C(F)(F)F)(C(F)(F)F)C12CCC(C1)C(C1C(C)C(C(F)(F)C(F)(F)F)(C(F)(F)C(F)(F)F)OC1(C(F)(F)C(F)(F)F)C(F)(F)C(F)(F)F)C2C. The summed E-state index contributed by atoms with van der Waals surface area (Å²) in [4.78, 5) is 0. The predicted molar refractivity (Wildman–Crippen MR) is 134 cm³/mol. The van der Waals surface area contributed by atoms with Gasteiger partial charge in [0.05, 0.1) is 13.2 Å². The van der Waals surface area contributed by atoms with Gasteiger partial charge in [-0.15, -0.1) is 0 Å². The zero-order valence-corrected chi connectivity index (χ0v) is 28.6. The molecule has 0 aromatic carbocycles. The lowest BCUT2D eigenvalue weighted by molar-refractivity contribution is -0.483. The topological polar surface area (TPSA) is 36.9 Å². The molecular formula is C28H26F26O4. The maximum atomic E-state index is 15.8. The molecule has 2 bridgehead atoms. The Morgan fingerprint density at radius 1 is 0.517 bits per heavy atom. The van der Waals surface area contributed by atoms with Crippen molar-refractivity contribution >= 4 is 0 Å². The summed E-state index contributed by atoms with van der Waals surface area (Å²) in [6, 6.07) is 0. The van der Waals surface area contributed by atoms with Gasteiger partial charge in [0.2, 0.25) is 11.2 Å². The van der Waals surface area contributed by atoms with E-state index in [-0.39, 0.29) is 6.92 Å². The molecular weight excluding hydrogens is 894 g/mol. The van der Waals surface area contributed by atoms with Gasteiger partial charge in [-0.1, -0.05) is 13.8 Å². The molecule has 3 fully saturated rings. The first-order chi connectivity index (χ1) is 25.4. The molecule has 0 radical (unpaired) electrons. The van der Waals surface area contributed by atoms with Crippen molar-refractivity contribution in [1.29, 1.82) is 0 Å². The number of alkyl halides is 26. The Balaban J connectivity index is 2.69. The van der Waals surface area contributed by atoms with Crippen LogP contribution in [0.4, 0.5) is 114 Å². The number of fused-ring (bicyclic) bond motifs is 2. The smallest absolute Gasteiger partial charge is 0.382 e. The minimum Gasteiger partial charge on any atom is -0.382 e. The molecule has 3 aliphatic rings. The normalized spacial score (nSPS) is 29.4. The van der Waals surface area contributed by atoms with Crippen molar-refractivity contribution in [3.63, 3.8) is 0 Å². The summed E-state index contributed by atoms with van der Waals surface area (Å²) in [5.74, 6) is -54.8. The maximum absolute atomic E-state index is 15.8. The fraction of sp³-hybridized carbons (Fsp3) is 1.00. The molecule has 6 unspecified atom stereocenters. The fourth-order valence-electron chi connectivity index (χ4n) is 9.35. The van der Waals surface area contributed by atoms with Gasteiger partial charge in [-0.05, 0) is 37.0 Å². The summed E-state index contributed by atoms with van der Waals surface area (Å²) < 4.78 is 398. The number of hydrogen-bond donors (Lipinski definition) is 0. The summed E-state index contributed by atoms with van der Waals surface area (Å²) in [7, 11) is 0.917. The van der Waals surface area contributed by atoms with Gasteiger partial charge in [0.25, 0.3) is 5.60 Å². The van der Waals surface area contributed by atoms with E-state index in [0.29, 0.717) is 0 Å². The third-order valence-electron chi connectivity index (χ3n) is 11.5. The van der Waals surface area contributed by atoms with Gasteiger partial charge >= 0.3 is 60.7 Å². The van der Waals surface area contributed by atoms with Crippen molar-refractivity contribution in [1.82, 2.24) is 0 Å². The summed E-state index contributed by atoms with van der Waals surface area (Å²) >= 11 is 0. The van der Waals surface area contributed by atoms with Gasteiger partial charge in [0, 0.05) is 24.4 Å². The van der Waals surface area contributed by atoms with E-state index in [9.17, 15) is 79.0 Å². The van der Waals surface area contributed by atoms with E-state index in [1.165, 1.54) is 0 Å². The van der Waals surface area contributed by atoms with Gasteiger partial charge in [-0.25, -0.2) is 0 Å². The first-order valence-electron chi connectivity index (χ1n) is 15.7. The van der Waals surface area contributed by atoms with Crippen LogP contribution in [0.3, 0.4) is 0 Å². The molecule has 0 spiro atoms. The van der Waals surface area contributed by atoms with Crippen molar-refractivity contribution in [3.05, 3.63) is 0 Å². The number of rotatable bonds is 12. The Morgan fingerprint density at radius 2 is 0.897 bits per heavy atom. The van der Waals surface area contributed by atoms with Gasteiger partial charge in [0.1, 0.15) is 6.79 Å². The minimum atomic E-state index is -8.53. The molecule has 1 aliphatic heterocycles. The Kier molecular flexibility index (Phi) is 12.2. The first kappa shape index (κ1) is 50.4. The quantitative estimate of drug-likeness (QED) is 0.111. The second-order valence-electron chi connectivity index (χ2n) is 14.0. The lowest BCUT2D eigenvalue weighted by Crippen LogP contribution is -2.77. The molecule has 1 saturated heterocycles. The molecule has 0 aromatic rings. The monoisotopic (exact) mass is 920 g/mol. The highest BCUT2D eigenvalue weighted by atomic mass is 19.5. The van der Waals surface area contributed by atoms with Crippen LogP contribution in [0.15, 0.2) is 0 Å². The highest BCUT2D eigenvalue weighted by Gasteiger charge is 3.00. The zero-order chi connectivity index (χ0) is 46.0. The van der Waals surface area contributed by atoms with Crippen LogP contribution in [0.25, 0.3) is 0 Å². The largest absolute Gasteiger partial charge is 0.456 e. The second kappa shape index (κ2) is 14.0. The highest BCUT2D eigenvalue weighted by molar-refractivity contribution is 5.31. The van der Waals surface area contributed by atoms with Crippen LogP contribution in [0.2, 0.25) is 0 Å². The van der Waals surface area contributed by atoms with E-state index in [0.717, 1.165) is 7.11 Å². The Labute approximate surface area is 306 Å². The Hall–Kier alpha value is -1.98. The molecule has 0 aromatic heterocycles. The van der Waals surface area contributed by atoms with E-state index in [1.807, 2.05) is 0 Å². The fourth-order valence-corrected chi connectivity index (χ4v) is 9.35. The molecule has 6 atom stereocenters. The number of hydrogen-bond acceptors (Lipinski definition) is 4. The number of methoxy groups -OCH3 is 1. The third kappa shape index (κ3) is 6.24. The second-order valence-corrected chi connectivity index (χ2v) is 14.0. The molecule has 344 valence electrons. The Morgan fingerprint density at radius 3 is 1.24 bits per heavy atom. The number of halogens is 26. The minimum absolute atomic E-state index is 0.191. The lowest BCUT2D eigenvalue weighted by atomic mass is 9.54. The van der Waals surface area contributed by atoms with E-state index >= 15 is 35.1 Å². The summed E-state index contributed by atoms with van der Waals surface area (Å²) in [5.41, 5.74) is -25.8. The molecule has 0 amide bonds. The number of ether oxygens (including phenoxy) is 4. The van der Waals surface area contributed by atoms with Crippen LogP contribution in [-0.2, 0) is 18.9 Å². The van der Waals surface area contributed by atoms with E-state index in [2.05, 4.69) is 18.9 Å². The molecule has 30 heteroatoms. The van der Waals surface area contributed by atoms with Crippen molar-refractivity contribution in [2.45, 2.75) is 111 Å². The molecule has 58 heavy (non-hydrogen) atoms. The standard InChI is InChI=1S/C28H26F26O4/c1-10-13(12-4-5-15(10,8-12)18(23(37,38)39,24(40,41)42)57-9-56-7-6-55-3)14-11(2)16(19(29,30)25(43,44)45,20(31,32)26(46,47)48)58-17(14,21(33,34)27(49,50)51)22(35,36)28(52,53)54/h10-14H,4-9H2,1-3H3. The lowest BCUT2D eigenvalue weighted by Gasteiger charge is -2.54. The van der Waals surface area contributed by atoms with Gasteiger partial charge in [-0.3, -0.25) is 0 Å². The summed E-state index contributed by atoms with van der Waals surface area (Å²) in [5, 5.41) is 0. The predicted octanol–water partition coefficient (Wildman–Crippen LogP) is 11.1. The summed E-state index contributed by atoms with van der Waals surface area (Å²) in [6.45, 7) is -4.95. The molecule has 1 heterocycles. The van der Waals surface area contributed by atoms with Crippen LogP contribution in [-0.4, -0.2) is 105 Å². The summed E-state index contributed by atoms with van der Waals surface area (Å²) in [6.07, 6.45) is -52.4. The first-order valence-corrected chi connectivity index (χ1v) is 15.7. The molecule has 3 rings (SSSR count). The van der Waals surface area contributed by atoms with Gasteiger partial charge in [0.15, 0.2) is 0 Å². The average molecular weight is 920 g/mol. The Bertz CT molecular complexity index is 1410. The van der Waals surface area contributed by atoms with Crippen LogP contribution in [0.5, 0.6) is 0 Å². The van der Waals surface area contributed by atoms with Crippen LogP contribution < -0.4 is 0 Å². The molecule has 0 N–H and O–H groups in total. The van der Waals surface area contributed by atoms with Crippen molar-refractivity contribution in [3.8, 4) is 0 Å². The maximum Gasteiger partial charge on any atom is 0.456 e. The molecule has 2 saturated carbocycles. The van der Waals surface area contributed by atoms with Crippen molar-refractivity contribution in [2.24, 2.45) is 35.0 Å². The van der Waals surface area contributed by atoms with Gasteiger partial charge in [-0.2, -0.15) is 114 Å². The third-order valence-corrected chi connectivity index (χ3v) is 11.5.